The molecule has 0 atom stereocenters. The number of benzene rings is 2. The molecule has 0 saturated heterocycles. The van der Waals surface area contributed by atoms with Gasteiger partial charge in [-0.05, 0) is 42.3 Å². The lowest BCUT2D eigenvalue weighted by atomic mass is 10.1. The summed E-state index contributed by atoms with van der Waals surface area (Å²) in [5.74, 6) is 1.35. The second kappa shape index (κ2) is 8.55. The molecule has 0 aliphatic carbocycles. The van der Waals surface area contributed by atoms with E-state index < -0.39 is 11.7 Å². The molecule has 3 rings (SSSR count). The molecule has 2 N–H and O–H groups in total. The largest absolute Gasteiger partial charge is 0.497 e. The Balaban J connectivity index is 1.61. The van der Waals surface area contributed by atoms with Crippen molar-refractivity contribution in [2.24, 2.45) is 0 Å². The van der Waals surface area contributed by atoms with Gasteiger partial charge in [0.25, 0.3) is 0 Å². The maximum Gasteiger partial charge on any atom is 0.416 e. The molecule has 28 heavy (non-hydrogen) atoms. The molecule has 3 aromatic rings. The highest BCUT2D eigenvalue weighted by molar-refractivity contribution is 5.57. The standard InChI is InChI=1S/C19H18F3N5O/c1-28-16-7-2-4-13(10-16)8-9-23-18-26-17(12-24-27-18)25-15-6-3-5-14(11-15)19(20,21)22/h2-7,10-12H,8-9H2,1H3,(H2,23,25,26,27). The van der Waals surface area contributed by atoms with E-state index in [1.54, 1.807) is 7.11 Å². The number of anilines is 3. The smallest absolute Gasteiger partial charge is 0.416 e. The van der Waals surface area contributed by atoms with Crippen molar-refractivity contribution in [2.75, 3.05) is 24.3 Å². The fourth-order valence-electron chi connectivity index (χ4n) is 2.51. The van der Waals surface area contributed by atoms with E-state index in [0.29, 0.717) is 18.8 Å². The summed E-state index contributed by atoms with van der Waals surface area (Å²) < 4.78 is 43.6. The zero-order valence-electron chi connectivity index (χ0n) is 15.0. The van der Waals surface area contributed by atoms with Crippen LogP contribution in [-0.4, -0.2) is 28.8 Å². The Bertz CT molecular complexity index is 933. The highest BCUT2D eigenvalue weighted by atomic mass is 19.4. The molecule has 0 saturated carbocycles. The van der Waals surface area contributed by atoms with Crippen molar-refractivity contribution < 1.29 is 17.9 Å². The van der Waals surface area contributed by atoms with Crippen LogP contribution in [0.25, 0.3) is 0 Å². The highest BCUT2D eigenvalue weighted by Crippen LogP contribution is 2.31. The molecule has 1 aromatic heterocycles. The molecule has 9 heteroatoms. The third-order valence-electron chi connectivity index (χ3n) is 3.85. The first-order valence-electron chi connectivity index (χ1n) is 8.45. The van der Waals surface area contributed by atoms with Crippen LogP contribution < -0.4 is 15.4 Å². The van der Waals surface area contributed by atoms with Crippen LogP contribution in [0.3, 0.4) is 0 Å². The van der Waals surface area contributed by atoms with Crippen LogP contribution in [-0.2, 0) is 12.6 Å². The Labute approximate surface area is 159 Å². The second-order valence-corrected chi connectivity index (χ2v) is 5.90. The predicted octanol–water partition coefficient (Wildman–Crippen LogP) is 4.30. The molecule has 146 valence electrons. The van der Waals surface area contributed by atoms with Crippen LogP contribution in [0.4, 0.5) is 30.6 Å². The number of methoxy groups -OCH3 is 1. The minimum Gasteiger partial charge on any atom is -0.497 e. The SMILES string of the molecule is COc1cccc(CCNc2nncc(Nc3cccc(C(F)(F)F)c3)n2)c1. The molecule has 0 amide bonds. The quantitative estimate of drug-likeness (QED) is 0.628. The van der Waals surface area contributed by atoms with Gasteiger partial charge >= 0.3 is 6.18 Å². The van der Waals surface area contributed by atoms with Crippen molar-refractivity contribution in [3.8, 4) is 5.75 Å². The Morgan fingerprint density at radius 3 is 2.68 bits per heavy atom. The Hall–Kier alpha value is -3.36. The molecular formula is C19H18F3N5O. The fraction of sp³-hybridized carbons (Fsp3) is 0.211. The number of nitrogens with zero attached hydrogens (tertiary/aromatic N) is 3. The monoisotopic (exact) mass is 389 g/mol. The third kappa shape index (κ3) is 5.32. The summed E-state index contributed by atoms with van der Waals surface area (Å²) in [5.41, 5.74) is 0.604. The summed E-state index contributed by atoms with van der Waals surface area (Å²) in [5, 5.41) is 13.6. The molecular weight excluding hydrogens is 371 g/mol. The zero-order chi connectivity index (χ0) is 20.0. The van der Waals surface area contributed by atoms with Gasteiger partial charge in [-0.3, -0.25) is 0 Å². The van der Waals surface area contributed by atoms with Gasteiger partial charge in [-0.15, -0.1) is 5.10 Å². The van der Waals surface area contributed by atoms with Gasteiger partial charge in [-0.2, -0.15) is 23.3 Å². The molecule has 2 aromatic carbocycles. The van der Waals surface area contributed by atoms with Crippen molar-refractivity contribution in [1.29, 1.82) is 0 Å². The van der Waals surface area contributed by atoms with Gasteiger partial charge in [0.1, 0.15) is 5.75 Å². The number of hydrogen-bond acceptors (Lipinski definition) is 6. The first kappa shape index (κ1) is 19.4. The van der Waals surface area contributed by atoms with Crippen LogP contribution in [0, 0.1) is 0 Å². The van der Waals surface area contributed by atoms with Crippen LogP contribution in [0.5, 0.6) is 5.75 Å². The van der Waals surface area contributed by atoms with Crippen LogP contribution in [0.1, 0.15) is 11.1 Å². The lowest BCUT2D eigenvalue weighted by Crippen LogP contribution is -2.10. The van der Waals surface area contributed by atoms with Gasteiger partial charge in [0, 0.05) is 12.2 Å². The number of halogens is 3. The number of alkyl halides is 3. The Morgan fingerprint density at radius 1 is 1.07 bits per heavy atom. The van der Waals surface area contributed by atoms with E-state index in [1.165, 1.54) is 18.3 Å². The van der Waals surface area contributed by atoms with Gasteiger partial charge in [0.15, 0.2) is 5.82 Å². The van der Waals surface area contributed by atoms with E-state index in [1.807, 2.05) is 24.3 Å². The number of nitrogens with one attached hydrogen (secondary N) is 2. The highest BCUT2D eigenvalue weighted by Gasteiger charge is 2.30. The van der Waals surface area contributed by atoms with Crippen LogP contribution in [0.15, 0.2) is 54.7 Å². The normalized spacial score (nSPS) is 11.1. The van der Waals surface area contributed by atoms with E-state index in [4.69, 9.17) is 4.74 Å². The maximum absolute atomic E-state index is 12.8. The predicted molar refractivity (Wildman–Crippen MR) is 99.7 cm³/mol. The number of hydrogen-bond donors (Lipinski definition) is 2. The van der Waals surface area contributed by atoms with E-state index in [2.05, 4.69) is 25.8 Å². The molecule has 0 aliphatic rings. The molecule has 0 fully saturated rings. The molecule has 1 heterocycles. The van der Waals surface area contributed by atoms with Gasteiger partial charge < -0.3 is 15.4 Å². The fourth-order valence-corrected chi connectivity index (χ4v) is 2.51. The van der Waals surface area contributed by atoms with Crippen molar-refractivity contribution in [3.05, 3.63) is 65.9 Å². The molecule has 6 nitrogen and oxygen atoms in total. The topological polar surface area (TPSA) is 72.0 Å². The number of ether oxygens (including phenoxy) is 1. The lowest BCUT2D eigenvalue weighted by Gasteiger charge is -2.11. The van der Waals surface area contributed by atoms with Gasteiger partial charge in [-0.25, -0.2) is 0 Å². The summed E-state index contributed by atoms with van der Waals surface area (Å²) in [7, 11) is 1.61. The molecule has 0 bridgehead atoms. The summed E-state index contributed by atoms with van der Waals surface area (Å²) in [6, 6.07) is 12.6. The Morgan fingerprint density at radius 2 is 1.89 bits per heavy atom. The molecule has 0 unspecified atom stereocenters. The maximum atomic E-state index is 12.8. The van der Waals surface area contributed by atoms with Crippen LogP contribution >= 0.6 is 0 Å². The van der Waals surface area contributed by atoms with Crippen LogP contribution in [0.2, 0.25) is 0 Å². The number of aromatic nitrogens is 3. The number of rotatable bonds is 7. The summed E-state index contributed by atoms with van der Waals surface area (Å²) in [6.45, 7) is 0.557. The van der Waals surface area contributed by atoms with Crippen molar-refractivity contribution in [2.45, 2.75) is 12.6 Å². The Kier molecular flexibility index (Phi) is 5.93. The van der Waals surface area contributed by atoms with E-state index in [-0.39, 0.29) is 11.6 Å². The second-order valence-electron chi connectivity index (χ2n) is 5.90. The van der Waals surface area contributed by atoms with Gasteiger partial charge in [-0.1, -0.05) is 18.2 Å². The van der Waals surface area contributed by atoms with E-state index in [0.717, 1.165) is 23.4 Å². The molecule has 0 spiro atoms. The van der Waals surface area contributed by atoms with Crippen molar-refractivity contribution >= 4 is 17.5 Å². The summed E-state index contributed by atoms with van der Waals surface area (Å²) in [6.07, 6.45) is -2.35. The first-order chi connectivity index (χ1) is 13.4. The zero-order valence-corrected chi connectivity index (χ0v) is 15.0. The van der Waals surface area contributed by atoms with Gasteiger partial charge in [0.05, 0.1) is 18.9 Å². The van der Waals surface area contributed by atoms with Crippen molar-refractivity contribution in [1.82, 2.24) is 15.2 Å². The average molecular weight is 389 g/mol. The summed E-state index contributed by atoms with van der Waals surface area (Å²) in [4.78, 5) is 4.22. The van der Waals surface area contributed by atoms with E-state index in [9.17, 15) is 13.2 Å². The summed E-state index contributed by atoms with van der Waals surface area (Å²) >= 11 is 0. The minimum absolute atomic E-state index is 0.262. The first-order valence-corrected chi connectivity index (χ1v) is 8.45. The molecule has 0 aliphatic heterocycles. The lowest BCUT2D eigenvalue weighted by molar-refractivity contribution is -0.137. The third-order valence-corrected chi connectivity index (χ3v) is 3.85. The minimum atomic E-state index is -4.41. The van der Waals surface area contributed by atoms with Gasteiger partial charge in [0.2, 0.25) is 5.95 Å². The van der Waals surface area contributed by atoms with E-state index >= 15 is 0 Å². The van der Waals surface area contributed by atoms with Crippen molar-refractivity contribution in [3.63, 3.8) is 0 Å². The molecule has 0 radical (unpaired) electrons. The average Bonchev–Trinajstić information content (AvgIpc) is 2.68.